The number of carbonyl (C=O) groups is 2. The summed E-state index contributed by atoms with van der Waals surface area (Å²) in [4.78, 5) is 23.1. The van der Waals surface area contributed by atoms with E-state index in [9.17, 15) is 9.59 Å². The van der Waals surface area contributed by atoms with E-state index in [1.54, 1.807) is 14.0 Å². The zero-order chi connectivity index (χ0) is 13.9. The molecule has 98 valence electrons. The van der Waals surface area contributed by atoms with Crippen LogP contribution in [0.5, 0.6) is 0 Å². The zero-order valence-corrected chi connectivity index (χ0v) is 11.1. The Hall–Kier alpha value is -1.82. The van der Waals surface area contributed by atoms with Gasteiger partial charge in [0, 0.05) is 25.7 Å². The van der Waals surface area contributed by atoms with Crippen molar-refractivity contribution in [3.63, 3.8) is 0 Å². The maximum Gasteiger partial charge on any atom is 0.323 e. The van der Waals surface area contributed by atoms with E-state index >= 15 is 0 Å². The lowest BCUT2D eigenvalue weighted by Crippen LogP contribution is -2.30. The van der Waals surface area contributed by atoms with Gasteiger partial charge in [0.15, 0.2) is 0 Å². The van der Waals surface area contributed by atoms with Gasteiger partial charge in [-0.2, -0.15) is 5.10 Å². The first-order valence-corrected chi connectivity index (χ1v) is 5.54. The quantitative estimate of drug-likeness (QED) is 0.827. The fraction of sp³-hybridized carbons (Fsp3) is 0.364. The van der Waals surface area contributed by atoms with E-state index in [2.05, 4.69) is 5.10 Å². The summed E-state index contributed by atoms with van der Waals surface area (Å²) in [5.41, 5.74) is 1.35. The molecule has 7 heteroatoms. The van der Waals surface area contributed by atoms with Crippen LogP contribution in [0.25, 0.3) is 6.08 Å². The van der Waals surface area contributed by atoms with E-state index in [-0.39, 0.29) is 6.54 Å². The Morgan fingerprint density at radius 2 is 2.17 bits per heavy atom. The number of rotatable bonds is 4. The number of carboxylic acids is 1. The second-order valence-electron chi connectivity index (χ2n) is 3.83. The number of hydrogen-bond donors (Lipinski definition) is 1. The molecule has 0 saturated carbocycles. The predicted octanol–water partition coefficient (Wildman–Crippen LogP) is 0.938. The first-order valence-electron chi connectivity index (χ1n) is 5.17. The highest BCUT2D eigenvalue weighted by Crippen LogP contribution is 2.19. The van der Waals surface area contributed by atoms with Crippen LogP contribution in [0.2, 0.25) is 5.15 Å². The third-order valence-electron chi connectivity index (χ3n) is 2.34. The molecule has 1 aromatic rings. The SMILES string of the molecule is Cc1nn(C)c(Cl)c1/C=C/C(=O)N(C)CC(=O)O. The molecule has 0 bridgehead atoms. The van der Waals surface area contributed by atoms with Crippen molar-refractivity contribution in [1.82, 2.24) is 14.7 Å². The molecule has 0 aliphatic rings. The summed E-state index contributed by atoms with van der Waals surface area (Å²) in [6.07, 6.45) is 2.81. The van der Waals surface area contributed by atoms with Crippen LogP contribution >= 0.6 is 11.6 Å². The molecule has 1 heterocycles. The van der Waals surface area contributed by atoms with Gasteiger partial charge in [-0.25, -0.2) is 0 Å². The molecule has 1 rings (SSSR count). The van der Waals surface area contributed by atoms with Gasteiger partial charge in [0.1, 0.15) is 11.7 Å². The molecule has 18 heavy (non-hydrogen) atoms. The van der Waals surface area contributed by atoms with Crippen molar-refractivity contribution in [3.8, 4) is 0 Å². The van der Waals surface area contributed by atoms with Crippen molar-refractivity contribution in [1.29, 1.82) is 0 Å². The van der Waals surface area contributed by atoms with Crippen LogP contribution in [-0.2, 0) is 16.6 Å². The highest BCUT2D eigenvalue weighted by atomic mass is 35.5. The lowest BCUT2D eigenvalue weighted by molar-refractivity contribution is -0.141. The average Bonchev–Trinajstić information content (AvgIpc) is 2.49. The van der Waals surface area contributed by atoms with Gasteiger partial charge in [0.2, 0.25) is 5.91 Å². The molecule has 0 aromatic carbocycles. The number of carbonyl (C=O) groups excluding carboxylic acids is 1. The van der Waals surface area contributed by atoms with Crippen molar-refractivity contribution in [2.45, 2.75) is 6.92 Å². The summed E-state index contributed by atoms with van der Waals surface area (Å²) in [6, 6.07) is 0. The molecule has 0 aliphatic heterocycles. The Kier molecular flexibility index (Phi) is 4.49. The van der Waals surface area contributed by atoms with E-state index in [0.29, 0.717) is 16.4 Å². The number of aryl methyl sites for hydroxylation is 2. The number of aromatic nitrogens is 2. The molecule has 0 unspecified atom stereocenters. The smallest absolute Gasteiger partial charge is 0.323 e. The van der Waals surface area contributed by atoms with Gasteiger partial charge in [-0.05, 0) is 13.0 Å². The Balaban J connectivity index is 2.81. The maximum absolute atomic E-state index is 11.6. The molecule has 0 radical (unpaired) electrons. The zero-order valence-electron chi connectivity index (χ0n) is 10.3. The Labute approximate surface area is 109 Å². The summed E-state index contributed by atoms with van der Waals surface area (Å²) < 4.78 is 1.50. The molecule has 0 atom stereocenters. The van der Waals surface area contributed by atoms with E-state index in [1.807, 2.05) is 0 Å². The minimum absolute atomic E-state index is 0.344. The van der Waals surface area contributed by atoms with Gasteiger partial charge < -0.3 is 10.0 Å². The summed E-state index contributed by atoms with van der Waals surface area (Å²) >= 11 is 5.99. The molecular formula is C11H14ClN3O3. The average molecular weight is 272 g/mol. The van der Waals surface area contributed by atoms with Crippen molar-refractivity contribution in [3.05, 3.63) is 22.5 Å². The fourth-order valence-corrected chi connectivity index (χ4v) is 1.64. The number of aliphatic carboxylic acids is 1. The number of likely N-dealkylation sites (N-methyl/N-ethyl adjacent to an activating group) is 1. The molecule has 0 fully saturated rings. The third kappa shape index (κ3) is 3.33. The van der Waals surface area contributed by atoms with E-state index in [4.69, 9.17) is 16.7 Å². The number of halogens is 1. The fourth-order valence-electron chi connectivity index (χ4n) is 1.40. The molecule has 1 aromatic heterocycles. The summed E-state index contributed by atoms with van der Waals surface area (Å²) in [5, 5.41) is 13.1. The van der Waals surface area contributed by atoms with Crippen LogP contribution < -0.4 is 0 Å². The summed E-state index contributed by atoms with van der Waals surface area (Å²) in [5.74, 6) is -1.47. The van der Waals surface area contributed by atoms with E-state index in [1.165, 1.54) is 23.9 Å². The van der Waals surface area contributed by atoms with Crippen LogP contribution in [-0.4, -0.2) is 45.3 Å². The molecule has 1 amide bonds. The lowest BCUT2D eigenvalue weighted by atomic mass is 10.2. The Morgan fingerprint density at radius 3 is 2.61 bits per heavy atom. The second kappa shape index (κ2) is 5.68. The van der Waals surface area contributed by atoms with Gasteiger partial charge >= 0.3 is 5.97 Å². The van der Waals surface area contributed by atoms with Crippen molar-refractivity contribution < 1.29 is 14.7 Å². The van der Waals surface area contributed by atoms with Crippen LogP contribution in [0.3, 0.4) is 0 Å². The van der Waals surface area contributed by atoms with Gasteiger partial charge in [0.25, 0.3) is 0 Å². The van der Waals surface area contributed by atoms with E-state index in [0.717, 1.165) is 4.90 Å². The second-order valence-corrected chi connectivity index (χ2v) is 4.19. The molecule has 0 spiro atoms. The number of nitrogens with zero attached hydrogens (tertiary/aromatic N) is 3. The Bertz CT molecular complexity index is 508. The number of amides is 1. The Morgan fingerprint density at radius 1 is 1.56 bits per heavy atom. The monoisotopic (exact) mass is 271 g/mol. The minimum Gasteiger partial charge on any atom is -0.480 e. The minimum atomic E-state index is -1.06. The van der Waals surface area contributed by atoms with Crippen LogP contribution in [0.1, 0.15) is 11.3 Å². The molecular weight excluding hydrogens is 258 g/mol. The largest absolute Gasteiger partial charge is 0.480 e. The topological polar surface area (TPSA) is 75.4 Å². The highest BCUT2D eigenvalue weighted by molar-refractivity contribution is 6.31. The van der Waals surface area contributed by atoms with Crippen LogP contribution in [0.15, 0.2) is 6.08 Å². The summed E-state index contributed by atoms with van der Waals surface area (Å²) in [7, 11) is 3.11. The van der Waals surface area contributed by atoms with Crippen LogP contribution in [0, 0.1) is 6.92 Å². The number of hydrogen-bond acceptors (Lipinski definition) is 3. The maximum atomic E-state index is 11.6. The highest BCUT2D eigenvalue weighted by Gasteiger charge is 2.11. The normalized spacial score (nSPS) is 10.9. The third-order valence-corrected chi connectivity index (χ3v) is 2.79. The van der Waals surface area contributed by atoms with Crippen molar-refractivity contribution in [2.75, 3.05) is 13.6 Å². The van der Waals surface area contributed by atoms with Gasteiger partial charge in [0.05, 0.1) is 5.69 Å². The van der Waals surface area contributed by atoms with Crippen molar-refractivity contribution in [2.24, 2.45) is 7.05 Å². The van der Waals surface area contributed by atoms with Gasteiger partial charge in [-0.3, -0.25) is 14.3 Å². The molecule has 6 nitrogen and oxygen atoms in total. The van der Waals surface area contributed by atoms with Gasteiger partial charge in [-0.15, -0.1) is 0 Å². The standard InChI is InChI=1S/C11H14ClN3O3/c1-7-8(11(12)15(3)13-7)4-5-9(16)14(2)6-10(17)18/h4-5H,6H2,1-3H3,(H,17,18)/b5-4+. The van der Waals surface area contributed by atoms with Gasteiger partial charge in [-0.1, -0.05) is 11.6 Å². The molecule has 1 N–H and O–H groups in total. The first-order chi connectivity index (χ1) is 8.32. The summed E-state index contributed by atoms with van der Waals surface area (Å²) in [6.45, 7) is 1.43. The first kappa shape index (κ1) is 14.2. The number of carboxylic acid groups (broad SMARTS) is 1. The molecule has 0 aliphatic carbocycles. The van der Waals surface area contributed by atoms with Crippen molar-refractivity contribution >= 4 is 29.6 Å². The predicted molar refractivity (Wildman–Crippen MR) is 67.3 cm³/mol. The van der Waals surface area contributed by atoms with E-state index < -0.39 is 11.9 Å². The molecule has 0 saturated heterocycles. The lowest BCUT2D eigenvalue weighted by Gasteiger charge is -2.11. The van der Waals surface area contributed by atoms with Crippen LogP contribution in [0.4, 0.5) is 0 Å².